The summed E-state index contributed by atoms with van der Waals surface area (Å²) in [6, 6.07) is 11.2. The Morgan fingerprint density at radius 2 is 1.95 bits per heavy atom. The minimum absolute atomic E-state index is 0.582. The summed E-state index contributed by atoms with van der Waals surface area (Å²) < 4.78 is 5.61. The Bertz CT molecular complexity index is 517. The molecule has 0 saturated carbocycles. The Morgan fingerprint density at radius 3 is 2.53 bits per heavy atom. The molecule has 0 N–H and O–H groups in total. The second kappa shape index (κ2) is 6.69. The zero-order valence-corrected chi connectivity index (χ0v) is 11.0. The van der Waals surface area contributed by atoms with Gasteiger partial charge in [0.2, 0.25) is 0 Å². The molecule has 1 aromatic heterocycles. The number of nitrogens with zero attached hydrogens (tertiary/aromatic N) is 1. The van der Waals surface area contributed by atoms with Gasteiger partial charge in [0.05, 0.1) is 6.61 Å². The van der Waals surface area contributed by atoms with Crippen LogP contribution in [0, 0.1) is 0 Å². The van der Waals surface area contributed by atoms with Crippen molar-refractivity contribution in [3.8, 4) is 5.75 Å². The molecule has 0 saturated heterocycles. The fraction of sp³-hybridized carbons (Fsp3) is 0.250. The monoisotopic (exact) mass is 255 g/mol. The van der Waals surface area contributed by atoms with E-state index in [2.05, 4.69) is 18.0 Å². The average Bonchev–Trinajstić information content (AvgIpc) is 2.49. The Kier molecular flexibility index (Phi) is 4.67. The molecule has 1 aromatic carbocycles. The number of pyridine rings is 1. The molecule has 0 aliphatic heterocycles. The number of rotatable bonds is 6. The van der Waals surface area contributed by atoms with Gasteiger partial charge in [-0.3, -0.25) is 9.78 Å². The van der Waals surface area contributed by atoms with Gasteiger partial charge in [0.25, 0.3) is 0 Å². The normalized spacial score (nSPS) is 10.2. The van der Waals surface area contributed by atoms with E-state index in [1.54, 1.807) is 24.3 Å². The highest BCUT2D eigenvalue weighted by molar-refractivity contribution is 5.74. The van der Waals surface area contributed by atoms with Crippen LogP contribution in [0.3, 0.4) is 0 Å². The molecule has 0 radical (unpaired) electrons. The number of hydrogen-bond acceptors (Lipinski definition) is 3. The topological polar surface area (TPSA) is 39.2 Å². The number of benzene rings is 1. The molecule has 0 unspecified atom stereocenters. The van der Waals surface area contributed by atoms with Crippen molar-refractivity contribution >= 4 is 6.29 Å². The van der Waals surface area contributed by atoms with Crippen molar-refractivity contribution in [2.75, 3.05) is 6.61 Å². The zero-order chi connectivity index (χ0) is 13.5. The first-order valence-electron chi connectivity index (χ1n) is 6.43. The highest BCUT2D eigenvalue weighted by Crippen LogP contribution is 2.11. The van der Waals surface area contributed by atoms with Gasteiger partial charge in [-0.1, -0.05) is 13.0 Å². The summed E-state index contributed by atoms with van der Waals surface area (Å²) in [6.07, 6.45) is 4.52. The first kappa shape index (κ1) is 13.3. The van der Waals surface area contributed by atoms with Crippen LogP contribution < -0.4 is 4.74 Å². The number of hydrogen-bond donors (Lipinski definition) is 0. The van der Waals surface area contributed by atoms with Gasteiger partial charge in [-0.15, -0.1) is 0 Å². The second-order valence-corrected chi connectivity index (χ2v) is 4.30. The summed E-state index contributed by atoms with van der Waals surface area (Å²) in [7, 11) is 0. The predicted octanol–water partition coefficient (Wildman–Crippen LogP) is 3.08. The smallest absolute Gasteiger partial charge is 0.150 e. The van der Waals surface area contributed by atoms with Crippen molar-refractivity contribution in [3.05, 3.63) is 59.4 Å². The standard InChI is InChI=1S/C16H17NO2/c1-2-13-3-6-15(17-11-13)9-10-19-16-7-4-14(12-18)5-8-16/h3-8,11-12H,2,9-10H2,1H3. The fourth-order valence-corrected chi connectivity index (χ4v) is 1.73. The van der Waals surface area contributed by atoms with Gasteiger partial charge in [-0.05, 0) is 42.3 Å². The van der Waals surface area contributed by atoms with Crippen LogP contribution in [0.4, 0.5) is 0 Å². The van der Waals surface area contributed by atoms with Crippen molar-refractivity contribution in [2.45, 2.75) is 19.8 Å². The zero-order valence-electron chi connectivity index (χ0n) is 11.0. The molecular formula is C16H17NO2. The fourth-order valence-electron chi connectivity index (χ4n) is 1.73. The van der Waals surface area contributed by atoms with E-state index in [9.17, 15) is 4.79 Å². The van der Waals surface area contributed by atoms with Crippen molar-refractivity contribution < 1.29 is 9.53 Å². The molecule has 1 heterocycles. The van der Waals surface area contributed by atoms with E-state index in [1.165, 1.54) is 5.56 Å². The highest BCUT2D eigenvalue weighted by Gasteiger charge is 1.98. The molecule has 2 aromatic rings. The van der Waals surface area contributed by atoms with E-state index in [4.69, 9.17) is 4.74 Å². The van der Waals surface area contributed by atoms with E-state index in [1.807, 2.05) is 12.3 Å². The van der Waals surface area contributed by atoms with Gasteiger partial charge in [-0.25, -0.2) is 0 Å². The largest absolute Gasteiger partial charge is 0.493 e. The lowest BCUT2D eigenvalue weighted by Crippen LogP contribution is -2.03. The van der Waals surface area contributed by atoms with Crippen molar-refractivity contribution in [2.24, 2.45) is 0 Å². The number of carbonyl (C=O) groups is 1. The third kappa shape index (κ3) is 3.91. The Labute approximate surface area is 113 Å². The van der Waals surface area contributed by atoms with Crippen LogP contribution in [-0.2, 0) is 12.8 Å². The molecule has 0 aliphatic rings. The molecule has 3 nitrogen and oxygen atoms in total. The Balaban J connectivity index is 1.83. The van der Waals surface area contributed by atoms with E-state index in [0.717, 1.165) is 30.6 Å². The Hall–Kier alpha value is -2.16. The molecule has 98 valence electrons. The Morgan fingerprint density at radius 1 is 1.16 bits per heavy atom. The van der Waals surface area contributed by atoms with Crippen LogP contribution >= 0.6 is 0 Å². The van der Waals surface area contributed by atoms with E-state index < -0.39 is 0 Å². The van der Waals surface area contributed by atoms with Crippen LogP contribution in [0.5, 0.6) is 5.75 Å². The maximum absolute atomic E-state index is 10.5. The molecule has 0 atom stereocenters. The third-order valence-electron chi connectivity index (χ3n) is 2.94. The number of aldehydes is 1. The quantitative estimate of drug-likeness (QED) is 0.745. The number of ether oxygens (including phenoxy) is 1. The maximum atomic E-state index is 10.5. The third-order valence-corrected chi connectivity index (χ3v) is 2.94. The molecule has 0 fully saturated rings. The number of aromatic nitrogens is 1. The molecule has 2 rings (SSSR count). The molecule has 0 aliphatic carbocycles. The summed E-state index contributed by atoms with van der Waals surface area (Å²) in [6.45, 7) is 2.70. The van der Waals surface area contributed by atoms with Crippen molar-refractivity contribution in [3.63, 3.8) is 0 Å². The van der Waals surface area contributed by atoms with E-state index in [0.29, 0.717) is 12.2 Å². The first-order valence-corrected chi connectivity index (χ1v) is 6.43. The molecule has 0 amide bonds. The van der Waals surface area contributed by atoms with Crippen LogP contribution in [0.2, 0.25) is 0 Å². The second-order valence-electron chi connectivity index (χ2n) is 4.30. The number of carbonyl (C=O) groups excluding carboxylic acids is 1. The molecule has 0 spiro atoms. The summed E-state index contributed by atoms with van der Waals surface area (Å²) in [5.74, 6) is 0.774. The molecule has 0 bridgehead atoms. The summed E-state index contributed by atoms with van der Waals surface area (Å²) in [5.41, 5.74) is 2.93. The van der Waals surface area contributed by atoms with Crippen molar-refractivity contribution in [1.29, 1.82) is 0 Å². The van der Waals surface area contributed by atoms with Gasteiger partial charge in [0.15, 0.2) is 0 Å². The SMILES string of the molecule is CCc1ccc(CCOc2ccc(C=O)cc2)nc1. The first-order chi connectivity index (χ1) is 9.31. The summed E-state index contributed by atoms with van der Waals surface area (Å²) in [5, 5.41) is 0. The van der Waals surface area contributed by atoms with E-state index in [-0.39, 0.29) is 0 Å². The van der Waals surface area contributed by atoms with Crippen molar-refractivity contribution in [1.82, 2.24) is 4.98 Å². The molecule has 19 heavy (non-hydrogen) atoms. The average molecular weight is 255 g/mol. The lowest BCUT2D eigenvalue weighted by atomic mass is 10.2. The lowest BCUT2D eigenvalue weighted by molar-refractivity contribution is 0.112. The van der Waals surface area contributed by atoms with Gasteiger partial charge in [0.1, 0.15) is 12.0 Å². The highest BCUT2D eigenvalue weighted by atomic mass is 16.5. The van der Waals surface area contributed by atoms with Gasteiger partial charge < -0.3 is 4.74 Å². The maximum Gasteiger partial charge on any atom is 0.150 e. The van der Waals surface area contributed by atoms with Gasteiger partial charge in [0, 0.05) is 23.9 Å². The summed E-state index contributed by atoms with van der Waals surface area (Å²) in [4.78, 5) is 14.9. The minimum atomic E-state index is 0.582. The predicted molar refractivity (Wildman–Crippen MR) is 74.6 cm³/mol. The minimum Gasteiger partial charge on any atom is -0.493 e. The lowest BCUT2D eigenvalue weighted by Gasteiger charge is -2.06. The molecule has 3 heteroatoms. The molecular weight excluding hydrogens is 238 g/mol. The van der Waals surface area contributed by atoms with Crippen LogP contribution in [0.25, 0.3) is 0 Å². The van der Waals surface area contributed by atoms with Gasteiger partial charge in [-0.2, -0.15) is 0 Å². The van der Waals surface area contributed by atoms with Crippen LogP contribution in [-0.4, -0.2) is 17.9 Å². The number of aryl methyl sites for hydroxylation is 1. The van der Waals surface area contributed by atoms with Crippen LogP contribution in [0.15, 0.2) is 42.6 Å². The summed E-state index contributed by atoms with van der Waals surface area (Å²) >= 11 is 0. The van der Waals surface area contributed by atoms with Gasteiger partial charge >= 0.3 is 0 Å². The van der Waals surface area contributed by atoms with E-state index >= 15 is 0 Å². The van der Waals surface area contributed by atoms with Crippen LogP contribution in [0.1, 0.15) is 28.5 Å².